The lowest BCUT2D eigenvalue weighted by Crippen LogP contribution is -2.06. The molecule has 4 heteroatoms. The Balaban J connectivity index is 2.41. The maximum atomic E-state index is 5.90. The Kier molecular flexibility index (Phi) is 4.65. The summed E-state index contributed by atoms with van der Waals surface area (Å²) in [4.78, 5) is 4.40. The Morgan fingerprint density at radius 1 is 1.30 bits per heavy atom. The van der Waals surface area contributed by atoms with Gasteiger partial charge in [0.25, 0.3) is 0 Å². The van der Waals surface area contributed by atoms with Crippen LogP contribution in [0.1, 0.15) is 31.5 Å². The van der Waals surface area contributed by atoms with Crippen LogP contribution in [0.25, 0.3) is 10.9 Å². The minimum atomic E-state index is 0.516. The van der Waals surface area contributed by atoms with Gasteiger partial charge in [0.15, 0.2) is 0 Å². The van der Waals surface area contributed by atoms with Crippen LogP contribution in [0.5, 0.6) is 5.88 Å². The zero-order valence-corrected chi connectivity index (χ0v) is 13.1. The van der Waals surface area contributed by atoms with Crippen LogP contribution in [0.15, 0.2) is 12.3 Å². The molecule has 0 aliphatic heterocycles. The Hall–Kier alpha value is -1.55. The van der Waals surface area contributed by atoms with Crippen molar-refractivity contribution >= 4 is 10.9 Å². The number of rotatable bonds is 6. The van der Waals surface area contributed by atoms with E-state index in [0.29, 0.717) is 25.1 Å². The number of fused-ring (bicyclic) bond motifs is 1. The first-order valence-corrected chi connectivity index (χ1v) is 7.12. The molecule has 0 spiro atoms. The Bertz CT molecular complexity index is 588. The molecule has 0 radical (unpaired) electrons. The lowest BCUT2D eigenvalue weighted by Gasteiger charge is -2.11. The van der Waals surface area contributed by atoms with Gasteiger partial charge in [0, 0.05) is 24.4 Å². The standard InChI is InChI=1S/C16H24N2O2/c1-11(2)7-9-20-16-15-14(6-8-17-16)12(3)13(4)18(15)10-19-5/h6,8,11H,7,9-10H2,1-5H3. The number of aryl methyl sites for hydroxylation is 1. The van der Waals surface area contributed by atoms with Gasteiger partial charge in [-0.05, 0) is 37.8 Å². The summed E-state index contributed by atoms with van der Waals surface area (Å²) >= 11 is 0. The fourth-order valence-electron chi connectivity index (χ4n) is 2.35. The summed E-state index contributed by atoms with van der Waals surface area (Å²) in [6, 6.07) is 2.04. The van der Waals surface area contributed by atoms with Crippen molar-refractivity contribution in [2.24, 2.45) is 5.92 Å². The fourth-order valence-corrected chi connectivity index (χ4v) is 2.35. The molecular weight excluding hydrogens is 252 g/mol. The Morgan fingerprint density at radius 3 is 2.70 bits per heavy atom. The summed E-state index contributed by atoms with van der Waals surface area (Å²) in [5, 5.41) is 1.19. The van der Waals surface area contributed by atoms with Gasteiger partial charge in [0.05, 0.1) is 6.61 Å². The van der Waals surface area contributed by atoms with E-state index in [1.807, 2.05) is 12.3 Å². The SMILES string of the molecule is COCn1c(C)c(C)c2ccnc(OCCC(C)C)c21. The summed E-state index contributed by atoms with van der Waals surface area (Å²) in [5.41, 5.74) is 3.49. The molecule has 0 fully saturated rings. The van der Waals surface area contributed by atoms with E-state index in [2.05, 4.69) is 37.2 Å². The summed E-state index contributed by atoms with van der Waals surface area (Å²) in [5.74, 6) is 1.33. The van der Waals surface area contributed by atoms with Crippen molar-refractivity contribution in [3.05, 3.63) is 23.5 Å². The van der Waals surface area contributed by atoms with E-state index in [9.17, 15) is 0 Å². The van der Waals surface area contributed by atoms with Crippen LogP contribution in [0.2, 0.25) is 0 Å². The average Bonchev–Trinajstić information content (AvgIpc) is 2.65. The highest BCUT2D eigenvalue weighted by Gasteiger charge is 2.16. The molecular formula is C16H24N2O2. The minimum Gasteiger partial charge on any atom is -0.476 e. The second-order valence-corrected chi connectivity index (χ2v) is 5.60. The van der Waals surface area contributed by atoms with Crippen LogP contribution < -0.4 is 4.74 Å². The number of pyridine rings is 1. The van der Waals surface area contributed by atoms with Crippen LogP contribution in [-0.2, 0) is 11.5 Å². The third-order valence-corrected chi connectivity index (χ3v) is 3.70. The maximum Gasteiger partial charge on any atom is 0.238 e. The van der Waals surface area contributed by atoms with E-state index in [1.54, 1.807) is 7.11 Å². The first kappa shape index (κ1) is 14.9. The molecule has 0 saturated carbocycles. The molecule has 0 atom stereocenters. The monoisotopic (exact) mass is 276 g/mol. The molecule has 2 aromatic heterocycles. The topological polar surface area (TPSA) is 36.3 Å². The highest BCUT2D eigenvalue weighted by atomic mass is 16.5. The Morgan fingerprint density at radius 2 is 2.05 bits per heavy atom. The van der Waals surface area contributed by atoms with Gasteiger partial charge in [0.1, 0.15) is 12.2 Å². The highest BCUT2D eigenvalue weighted by molar-refractivity contribution is 5.88. The zero-order chi connectivity index (χ0) is 14.7. The number of ether oxygens (including phenoxy) is 2. The van der Waals surface area contributed by atoms with Crippen LogP contribution >= 0.6 is 0 Å². The molecule has 0 aromatic carbocycles. The van der Waals surface area contributed by atoms with Crippen LogP contribution in [-0.4, -0.2) is 23.3 Å². The molecule has 0 bridgehead atoms. The molecule has 110 valence electrons. The van der Waals surface area contributed by atoms with E-state index in [4.69, 9.17) is 9.47 Å². The van der Waals surface area contributed by atoms with E-state index in [0.717, 1.165) is 11.9 Å². The second-order valence-electron chi connectivity index (χ2n) is 5.60. The number of nitrogens with zero attached hydrogens (tertiary/aromatic N) is 2. The predicted octanol–water partition coefficient (Wildman–Crippen LogP) is 3.68. The predicted molar refractivity (Wildman–Crippen MR) is 81.2 cm³/mol. The van der Waals surface area contributed by atoms with Crippen molar-refractivity contribution in [1.29, 1.82) is 0 Å². The third-order valence-electron chi connectivity index (χ3n) is 3.70. The van der Waals surface area contributed by atoms with E-state index < -0.39 is 0 Å². The van der Waals surface area contributed by atoms with Crippen molar-refractivity contribution in [2.45, 2.75) is 40.8 Å². The maximum absolute atomic E-state index is 5.90. The van der Waals surface area contributed by atoms with E-state index in [-0.39, 0.29) is 0 Å². The second kappa shape index (κ2) is 6.27. The molecule has 0 unspecified atom stereocenters. The minimum absolute atomic E-state index is 0.516. The van der Waals surface area contributed by atoms with Gasteiger partial charge in [-0.2, -0.15) is 0 Å². The quantitative estimate of drug-likeness (QED) is 0.807. The summed E-state index contributed by atoms with van der Waals surface area (Å²) in [6.45, 7) is 9.83. The number of methoxy groups -OCH3 is 1. The normalized spacial score (nSPS) is 11.5. The van der Waals surface area contributed by atoms with Gasteiger partial charge in [-0.15, -0.1) is 0 Å². The fraction of sp³-hybridized carbons (Fsp3) is 0.562. The van der Waals surface area contributed by atoms with Crippen LogP contribution in [0.4, 0.5) is 0 Å². The molecule has 2 heterocycles. The van der Waals surface area contributed by atoms with Crippen molar-refractivity contribution in [1.82, 2.24) is 9.55 Å². The van der Waals surface area contributed by atoms with Gasteiger partial charge >= 0.3 is 0 Å². The number of hydrogen-bond acceptors (Lipinski definition) is 3. The summed E-state index contributed by atoms with van der Waals surface area (Å²) in [7, 11) is 1.70. The zero-order valence-electron chi connectivity index (χ0n) is 13.1. The Labute approximate surface area is 120 Å². The van der Waals surface area contributed by atoms with E-state index in [1.165, 1.54) is 16.6 Å². The molecule has 0 N–H and O–H groups in total. The van der Waals surface area contributed by atoms with Gasteiger partial charge in [-0.3, -0.25) is 0 Å². The molecule has 4 nitrogen and oxygen atoms in total. The lowest BCUT2D eigenvalue weighted by atomic mass is 10.1. The molecule has 0 amide bonds. The number of hydrogen-bond donors (Lipinski definition) is 0. The van der Waals surface area contributed by atoms with Gasteiger partial charge < -0.3 is 14.0 Å². The summed E-state index contributed by atoms with van der Waals surface area (Å²) < 4.78 is 13.3. The molecule has 2 rings (SSSR count). The first-order valence-electron chi connectivity index (χ1n) is 7.12. The van der Waals surface area contributed by atoms with Gasteiger partial charge in [0.2, 0.25) is 5.88 Å². The molecule has 0 aliphatic rings. The summed E-state index contributed by atoms with van der Waals surface area (Å²) in [6.07, 6.45) is 2.84. The van der Waals surface area contributed by atoms with Crippen molar-refractivity contribution < 1.29 is 9.47 Å². The molecule has 2 aromatic rings. The van der Waals surface area contributed by atoms with Gasteiger partial charge in [-0.1, -0.05) is 13.8 Å². The number of aromatic nitrogens is 2. The van der Waals surface area contributed by atoms with Gasteiger partial charge in [-0.25, -0.2) is 4.98 Å². The average molecular weight is 276 g/mol. The third kappa shape index (κ3) is 2.80. The highest BCUT2D eigenvalue weighted by Crippen LogP contribution is 2.30. The molecule has 0 aliphatic carbocycles. The van der Waals surface area contributed by atoms with Crippen molar-refractivity contribution in [3.8, 4) is 5.88 Å². The van der Waals surface area contributed by atoms with Crippen molar-refractivity contribution in [3.63, 3.8) is 0 Å². The van der Waals surface area contributed by atoms with Crippen LogP contribution in [0.3, 0.4) is 0 Å². The smallest absolute Gasteiger partial charge is 0.238 e. The first-order chi connectivity index (χ1) is 9.56. The lowest BCUT2D eigenvalue weighted by molar-refractivity contribution is 0.132. The molecule has 0 saturated heterocycles. The van der Waals surface area contributed by atoms with Crippen molar-refractivity contribution in [2.75, 3.05) is 13.7 Å². The largest absolute Gasteiger partial charge is 0.476 e. The van der Waals surface area contributed by atoms with Crippen LogP contribution in [0, 0.1) is 19.8 Å². The molecule has 20 heavy (non-hydrogen) atoms. The van der Waals surface area contributed by atoms with E-state index >= 15 is 0 Å².